The summed E-state index contributed by atoms with van der Waals surface area (Å²) in [6.07, 6.45) is 2.06. The maximum absolute atomic E-state index is 13.7. The lowest BCUT2D eigenvalue weighted by atomic mass is 10.1. The van der Waals surface area contributed by atoms with Crippen LogP contribution in [0.2, 0.25) is 15.1 Å². The van der Waals surface area contributed by atoms with E-state index in [0.717, 1.165) is 28.1 Å². The van der Waals surface area contributed by atoms with Crippen molar-refractivity contribution in [2.45, 2.75) is 46.2 Å². The highest BCUT2D eigenvalue weighted by Gasteiger charge is 2.32. The van der Waals surface area contributed by atoms with Gasteiger partial charge in [0.15, 0.2) is 0 Å². The van der Waals surface area contributed by atoms with Gasteiger partial charge in [-0.25, -0.2) is 8.42 Å². The number of hydrogen-bond acceptors (Lipinski definition) is 4. The average Bonchev–Trinajstić information content (AvgIpc) is 2.78. The van der Waals surface area contributed by atoms with Crippen LogP contribution in [0.4, 0.5) is 5.69 Å². The molecule has 0 heterocycles. The molecule has 7 nitrogen and oxygen atoms in total. The average molecular weight is 563 g/mol. The molecule has 0 fully saturated rings. The standard InChI is InChI=1S/C24H30Cl3N3O4S/c1-5-11-28-24(32)21(6-2)29(14-17-10-8-7-9-16(17)3)23(31)15-30(35(4,33)34)22-13-19(26)18(25)12-20(22)27/h7-10,12-13,21H,5-6,11,14-15H2,1-4H3,(H,28,32)/t21-/m0/s1. The Balaban J connectivity index is 2.51. The van der Waals surface area contributed by atoms with Crippen LogP contribution in [0.5, 0.6) is 0 Å². The summed E-state index contributed by atoms with van der Waals surface area (Å²) in [6, 6.07) is 9.35. The first-order chi connectivity index (χ1) is 16.4. The molecule has 0 unspecified atom stereocenters. The zero-order valence-corrected chi connectivity index (χ0v) is 23.2. The van der Waals surface area contributed by atoms with Crippen LogP contribution in [-0.2, 0) is 26.2 Å². The molecule has 0 aliphatic heterocycles. The van der Waals surface area contributed by atoms with Crippen molar-refractivity contribution in [1.29, 1.82) is 0 Å². The topological polar surface area (TPSA) is 86.8 Å². The Hall–Kier alpha value is -2.00. The van der Waals surface area contributed by atoms with Gasteiger partial charge in [-0.1, -0.05) is 72.9 Å². The van der Waals surface area contributed by atoms with Crippen molar-refractivity contribution in [3.63, 3.8) is 0 Å². The van der Waals surface area contributed by atoms with E-state index in [9.17, 15) is 18.0 Å². The van der Waals surface area contributed by atoms with Gasteiger partial charge in [0.25, 0.3) is 0 Å². The molecule has 0 aromatic heterocycles. The van der Waals surface area contributed by atoms with Crippen LogP contribution < -0.4 is 9.62 Å². The number of halogens is 3. The molecule has 0 saturated heterocycles. The van der Waals surface area contributed by atoms with E-state index < -0.39 is 28.5 Å². The number of hydrogen-bond donors (Lipinski definition) is 1. The molecule has 2 aromatic carbocycles. The number of benzene rings is 2. The Morgan fingerprint density at radius 3 is 2.23 bits per heavy atom. The third-order valence-electron chi connectivity index (χ3n) is 5.47. The molecule has 35 heavy (non-hydrogen) atoms. The van der Waals surface area contributed by atoms with Crippen LogP contribution in [0, 0.1) is 6.92 Å². The van der Waals surface area contributed by atoms with Gasteiger partial charge in [-0.3, -0.25) is 13.9 Å². The molecule has 2 amide bonds. The third kappa shape index (κ3) is 7.74. The Bertz CT molecular complexity index is 1170. The molecule has 1 atom stereocenters. The molecule has 0 aliphatic carbocycles. The van der Waals surface area contributed by atoms with Crippen molar-refractivity contribution in [3.05, 3.63) is 62.6 Å². The molecular weight excluding hydrogens is 533 g/mol. The first kappa shape index (κ1) is 29.2. The number of nitrogens with one attached hydrogen (secondary N) is 1. The zero-order valence-electron chi connectivity index (χ0n) is 20.1. The Morgan fingerprint density at radius 2 is 1.66 bits per heavy atom. The van der Waals surface area contributed by atoms with Crippen molar-refractivity contribution < 1.29 is 18.0 Å². The first-order valence-electron chi connectivity index (χ1n) is 11.1. The van der Waals surface area contributed by atoms with Crippen molar-refractivity contribution in [1.82, 2.24) is 10.2 Å². The highest BCUT2D eigenvalue weighted by Crippen LogP contribution is 2.35. The van der Waals surface area contributed by atoms with Crippen LogP contribution in [0.25, 0.3) is 0 Å². The van der Waals surface area contributed by atoms with E-state index >= 15 is 0 Å². The molecule has 0 aliphatic rings. The van der Waals surface area contributed by atoms with Crippen LogP contribution in [0.1, 0.15) is 37.8 Å². The molecule has 0 bridgehead atoms. The highest BCUT2D eigenvalue weighted by atomic mass is 35.5. The van der Waals surface area contributed by atoms with Crippen LogP contribution in [0.15, 0.2) is 36.4 Å². The second kappa shape index (κ2) is 12.8. The summed E-state index contributed by atoms with van der Waals surface area (Å²) in [4.78, 5) is 28.0. The lowest BCUT2D eigenvalue weighted by Gasteiger charge is -2.33. The quantitative estimate of drug-likeness (QED) is 0.388. The van der Waals surface area contributed by atoms with Gasteiger partial charge < -0.3 is 10.2 Å². The van der Waals surface area contributed by atoms with Crippen LogP contribution in [0.3, 0.4) is 0 Å². The lowest BCUT2D eigenvalue weighted by Crippen LogP contribution is -2.52. The van der Waals surface area contributed by atoms with E-state index in [2.05, 4.69) is 5.32 Å². The molecule has 0 radical (unpaired) electrons. The summed E-state index contributed by atoms with van der Waals surface area (Å²) in [5.41, 5.74) is 1.82. The highest BCUT2D eigenvalue weighted by molar-refractivity contribution is 7.92. The SMILES string of the molecule is CCCNC(=O)[C@H](CC)N(Cc1ccccc1C)C(=O)CN(c1cc(Cl)c(Cl)cc1Cl)S(C)(=O)=O. The van der Waals surface area contributed by atoms with Gasteiger partial charge >= 0.3 is 0 Å². The fourth-order valence-electron chi connectivity index (χ4n) is 3.55. The zero-order chi connectivity index (χ0) is 26.3. The Labute approximate surface area is 222 Å². The number of anilines is 1. The van der Waals surface area contributed by atoms with E-state index in [-0.39, 0.29) is 33.2 Å². The van der Waals surface area contributed by atoms with Gasteiger partial charge in [0.05, 0.1) is 27.0 Å². The van der Waals surface area contributed by atoms with Crippen LogP contribution >= 0.6 is 34.8 Å². The number of carbonyl (C=O) groups excluding carboxylic acids is 2. The summed E-state index contributed by atoms with van der Waals surface area (Å²) in [6.45, 7) is 5.68. The predicted molar refractivity (Wildman–Crippen MR) is 143 cm³/mol. The van der Waals surface area contributed by atoms with Crippen molar-refractivity contribution >= 4 is 62.3 Å². The van der Waals surface area contributed by atoms with E-state index in [1.54, 1.807) is 6.92 Å². The summed E-state index contributed by atoms with van der Waals surface area (Å²) in [5.74, 6) is -0.853. The molecule has 0 spiro atoms. The van der Waals surface area contributed by atoms with Gasteiger partial charge in [-0.2, -0.15) is 0 Å². The second-order valence-electron chi connectivity index (χ2n) is 8.15. The first-order valence-corrected chi connectivity index (χ1v) is 14.1. The van der Waals surface area contributed by atoms with Gasteiger partial charge in [0.1, 0.15) is 12.6 Å². The number of sulfonamides is 1. The maximum Gasteiger partial charge on any atom is 0.244 e. The van der Waals surface area contributed by atoms with E-state index in [1.165, 1.54) is 17.0 Å². The minimum atomic E-state index is -3.95. The Kier molecular flexibility index (Phi) is 10.7. The second-order valence-corrected chi connectivity index (χ2v) is 11.3. The molecule has 11 heteroatoms. The Morgan fingerprint density at radius 1 is 1.03 bits per heavy atom. The van der Waals surface area contributed by atoms with Crippen molar-refractivity contribution in [2.75, 3.05) is 23.7 Å². The molecule has 2 aromatic rings. The predicted octanol–water partition coefficient (Wildman–Crippen LogP) is 5.05. The van der Waals surface area contributed by atoms with Crippen LogP contribution in [-0.4, -0.2) is 50.5 Å². The van der Waals surface area contributed by atoms with Gasteiger partial charge in [-0.05, 0) is 43.0 Å². The molecule has 192 valence electrons. The largest absolute Gasteiger partial charge is 0.354 e. The molecule has 2 rings (SSSR count). The normalized spacial score (nSPS) is 12.2. The van der Waals surface area contributed by atoms with E-state index in [4.69, 9.17) is 34.8 Å². The number of amides is 2. The van der Waals surface area contributed by atoms with E-state index in [0.29, 0.717) is 13.0 Å². The van der Waals surface area contributed by atoms with Crippen molar-refractivity contribution in [2.24, 2.45) is 0 Å². The summed E-state index contributed by atoms with van der Waals surface area (Å²) < 4.78 is 26.3. The van der Waals surface area contributed by atoms with E-state index in [1.807, 2.05) is 38.1 Å². The molecule has 1 N–H and O–H groups in total. The minimum absolute atomic E-state index is 0.0239. The maximum atomic E-state index is 13.7. The summed E-state index contributed by atoms with van der Waals surface area (Å²) in [5, 5.41) is 3.11. The fraction of sp³-hybridized carbons (Fsp3) is 0.417. The molecule has 0 saturated carbocycles. The number of nitrogens with zero attached hydrogens (tertiary/aromatic N) is 2. The van der Waals surface area contributed by atoms with Gasteiger partial charge in [-0.15, -0.1) is 0 Å². The fourth-order valence-corrected chi connectivity index (χ4v) is 5.10. The number of carbonyl (C=O) groups is 2. The monoisotopic (exact) mass is 561 g/mol. The summed E-state index contributed by atoms with van der Waals surface area (Å²) in [7, 11) is -3.95. The number of aryl methyl sites for hydroxylation is 1. The van der Waals surface area contributed by atoms with Crippen molar-refractivity contribution in [3.8, 4) is 0 Å². The van der Waals surface area contributed by atoms with Gasteiger partial charge in [0, 0.05) is 13.1 Å². The minimum Gasteiger partial charge on any atom is -0.354 e. The van der Waals surface area contributed by atoms with Gasteiger partial charge in [0.2, 0.25) is 21.8 Å². The smallest absolute Gasteiger partial charge is 0.244 e. The lowest BCUT2D eigenvalue weighted by molar-refractivity contribution is -0.140. The third-order valence-corrected chi connectivity index (χ3v) is 7.63. The number of rotatable bonds is 11. The summed E-state index contributed by atoms with van der Waals surface area (Å²) >= 11 is 18.4. The molecular formula is C24H30Cl3N3O4S.